The molecule has 108 valence electrons. The number of morpholine rings is 1. The summed E-state index contributed by atoms with van der Waals surface area (Å²) in [5.74, 6) is 0.748. The number of rotatable bonds is 1. The first kappa shape index (κ1) is 14.5. The molecule has 5 heteroatoms. The molecule has 3 rings (SSSR count). The lowest BCUT2D eigenvalue weighted by Gasteiger charge is -2.27. The van der Waals surface area contributed by atoms with Crippen molar-refractivity contribution in [2.75, 3.05) is 31.2 Å². The summed E-state index contributed by atoms with van der Waals surface area (Å²) in [6.45, 7) is 8.91. The zero-order chi connectivity index (χ0) is 14.5. The summed E-state index contributed by atoms with van der Waals surface area (Å²) in [5, 5.41) is 0. The van der Waals surface area contributed by atoms with Gasteiger partial charge in [-0.1, -0.05) is 19.9 Å². The topological polar surface area (TPSA) is 46.8 Å². The Morgan fingerprint density at radius 1 is 1.25 bits per heavy atom. The lowest BCUT2D eigenvalue weighted by molar-refractivity contribution is 0.122. The Bertz CT molecular complexity index is 631. The van der Waals surface area contributed by atoms with E-state index in [2.05, 4.69) is 9.88 Å². The normalized spacial score (nSPS) is 14.8. The predicted octanol–water partition coefficient (Wildman–Crippen LogP) is 1.87. The van der Waals surface area contributed by atoms with Crippen molar-refractivity contribution in [2.24, 2.45) is 0 Å². The van der Waals surface area contributed by atoms with E-state index in [0.717, 1.165) is 30.1 Å². The minimum absolute atomic E-state index is 0.0369. The van der Waals surface area contributed by atoms with E-state index >= 15 is 0 Å². The van der Waals surface area contributed by atoms with E-state index in [4.69, 9.17) is 4.74 Å². The molecule has 0 spiro atoms. The first-order valence-corrected chi connectivity index (χ1v) is 7.07. The second-order valence-corrected chi connectivity index (χ2v) is 4.44. The highest BCUT2D eigenvalue weighted by atomic mass is 16.5. The largest absolute Gasteiger partial charge is 0.378 e. The third-order valence-corrected chi connectivity index (χ3v) is 3.21. The summed E-state index contributed by atoms with van der Waals surface area (Å²) in [5.41, 5.74) is 1.70. The van der Waals surface area contributed by atoms with Crippen molar-refractivity contribution in [3.63, 3.8) is 0 Å². The van der Waals surface area contributed by atoms with Gasteiger partial charge in [-0.15, -0.1) is 0 Å². The SMILES string of the molecule is CC.Cc1cccn2c(=O)cc(N3CCOCC3)nc12. The second kappa shape index (κ2) is 6.52. The van der Waals surface area contributed by atoms with Crippen molar-refractivity contribution < 1.29 is 4.74 Å². The Morgan fingerprint density at radius 3 is 2.65 bits per heavy atom. The van der Waals surface area contributed by atoms with Gasteiger partial charge in [0.2, 0.25) is 0 Å². The van der Waals surface area contributed by atoms with E-state index in [1.807, 2.05) is 32.9 Å². The van der Waals surface area contributed by atoms with Crippen molar-refractivity contribution in [2.45, 2.75) is 20.8 Å². The molecule has 0 radical (unpaired) electrons. The molecule has 0 unspecified atom stereocenters. The van der Waals surface area contributed by atoms with Gasteiger partial charge in [0.05, 0.1) is 13.2 Å². The number of fused-ring (bicyclic) bond motifs is 1. The average Bonchev–Trinajstić information content (AvgIpc) is 2.51. The maximum Gasteiger partial charge on any atom is 0.259 e. The molecule has 0 aliphatic carbocycles. The maximum absolute atomic E-state index is 12.1. The third kappa shape index (κ3) is 2.82. The van der Waals surface area contributed by atoms with E-state index in [1.54, 1.807) is 16.7 Å². The molecule has 1 aliphatic heterocycles. The van der Waals surface area contributed by atoms with Gasteiger partial charge < -0.3 is 9.64 Å². The van der Waals surface area contributed by atoms with Crippen molar-refractivity contribution >= 4 is 11.5 Å². The van der Waals surface area contributed by atoms with Crippen LogP contribution in [0.2, 0.25) is 0 Å². The van der Waals surface area contributed by atoms with Crippen LogP contribution in [0.5, 0.6) is 0 Å². The van der Waals surface area contributed by atoms with Crippen LogP contribution in [-0.2, 0) is 4.74 Å². The number of anilines is 1. The van der Waals surface area contributed by atoms with Crippen LogP contribution in [-0.4, -0.2) is 35.7 Å². The van der Waals surface area contributed by atoms with Gasteiger partial charge >= 0.3 is 0 Å². The molecule has 0 atom stereocenters. The highest BCUT2D eigenvalue weighted by Crippen LogP contribution is 2.13. The molecular formula is C15H21N3O2. The highest BCUT2D eigenvalue weighted by Gasteiger charge is 2.14. The Hall–Kier alpha value is -1.88. The molecule has 5 nitrogen and oxygen atoms in total. The van der Waals surface area contributed by atoms with E-state index in [9.17, 15) is 4.79 Å². The quantitative estimate of drug-likeness (QED) is 0.797. The minimum atomic E-state index is -0.0369. The van der Waals surface area contributed by atoms with Crippen molar-refractivity contribution in [3.8, 4) is 0 Å². The number of nitrogens with zero attached hydrogens (tertiary/aromatic N) is 3. The second-order valence-electron chi connectivity index (χ2n) is 4.44. The van der Waals surface area contributed by atoms with Crippen LogP contribution in [0, 0.1) is 6.92 Å². The average molecular weight is 275 g/mol. The Morgan fingerprint density at radius 2 is 1.95 bits per heavy atom. The molecule has 0 bridgehead atoms. The Kier molecular flexibility index (Phi) is 4.74. The van der Waals surface area contributed by atoms with Gasteiger partial charge in [-0.25, -0.2) is 4.98 Å². The fourth-order valence-electron chi connectivity index (χ4n) is 2.20. The van der Waals surface area contributed by atoms with Crippen molar-refractivity contribution in [1.29, 1.82) is 0 Å². The van der Waals surface area contributed by atoms with E-state index in [0.29, 0.717) is 13.2 Å². The van der Waals surface area contributed by atoms with E-state index < -0.39 is 0 Å². The lowest BCUT2D eigenvalue weighted by atomic mass is 10.3. The number of ether oxygens (including phenoxy) is 1. The van der Waals surface area contributed by atoms with Gasteiger partial charge in [0.15, 0.2) is 0 Å². The van der Waals surface area contributed by atoms with Crippen molar-refractivity contribution in [1.82, 2.24) is 9.38 Å². The summed E-state index contributed by atoms with van der Waals surface area (Å²) in [7, 11) is 0. The molecule has 2 aromatic heterocycles. The monoisotopic (exact) mass is 275 g/mol. The van der Waals surface area contributed by atoms with Crippen LogP contribution in [0.4, 0.5) is 5.82 Å². The van der Waals surface area contributed by atoms with Gasteiger partial charge in [-0.3, -0.25) is 9.20 Å². The molecule has 1 aliphatic rings. The van der Waals surface area contributed by atoms with Crippen LogP contribution in [0.3, 0.4) is 0 Å². The van der Waals surface area contributed by atoms with Crippen LogP contribution in [0.15, 0.2) is 29.2 Å². The zero-order valence-corrected chi connectivity index (χ0v) is 12.3. The third-order valence-electron chi connectivity index (χ3n) is 3.21. The Labute approximate surface area is 118 Å². The predicted molar refractivity (Wildman–Crippen MR) is 80.6 cm³/mol. The molecule has 0 N–H and O–H groups in total. The van der Waals surface area contributed by atoms with Crippen LogP contribution in [0.25, 0.3) is 5.65 Å². The molecule has 3 heterocycles. The minimum Gasteiger partial charge on any atom is -0.378 e. The highest BCUT2D eigenvalue weighted by molar-refractivity contribution is 5.52. The zero-order valence-electron chi connectivity index (χ0n) is 12.3. The Balaban J connectivity index is 0.000000704. The van der Waals surface area contributed by atoms with E-state index in [1.165, 1.54) is 0 Å². The number of pyridine rings is 1. The number of aromatic nitrogens is 2. The fourth-order valence-corrected chi connectivity index (χ4v) is 2.20. The fraction of sp³-hybridized carbons (Fsp3) is 0.467. The molecule has 1 saturated heterocycles. The van der Waals surface area contributed by atoms with Gasteiger partial charge in [0.1, 0.15) is 11.5 Å². The summed E-state index contributed by atoms with van der Waals surface area (Å²) in [4.78, 5) is 18.7. The molecule has 0 aromatic carbocycles. The smallest absolute Gasteiger partial charge is 0.259 e. The molecule has 0 amide bonds. The van der Waals surface area contributed by atoms with Crippen molar-refractivity contribution in [3.05, 3.63) is 40.3 Å². The molecule has 20 heavy (non-hydrogen) atoms. The summed E-state index contributed by atoms with van der Waals surface area (Å²) >= 11 is 0. The standard InChI is InChI=1S/C13H15N3O2.C2H6/c1-10-3-2-4-16-12(17)9-11(14-13(10)16)15-5-7-18-8-6-15;1-2/h2-4,9H,5-8H2,1H3;1-2H3. The van der Waals surface area contributed by atoms with Gasteiger partial charge in [0.25, 0.3) is 5.56 Å². The van der Waals surface area contributed by atoms with Crippen LogP contribution in [0.1, 0.15) is 19.4 Å². The number of hydrogen-bond acceptors (Lipinski definition) is 4. The van der Waals surface area contributed by atoms with E-state index in [-0.39, 0.29) is 5.56 Å². The van der Waals surface area contributed by atoms with Crippen LogP contribution < -0.4 is 10.5 Å². The van der Waals surface area contributed by atoms with Gasteiger partial charge in [-0.05, 0) is 18.6 Å². The summed E-state index contributed by atoms with van der Waals surface area (Å²) in [6.07, 6.45) is 1.75. The lowest BCUT2D eigenvalue weighted by Crippen LogP contribution is -2.37. The number of aryl methyl sites for hydroxylation is 1. The van der Waals surface area contributed by atoms with Crippen LogP contribution >= 0.6 is 0 Å². The summed E-state index contributed by atoms with van der Waals surface area (Å²) in [6, 6.07) is 5.42. The molecule has 1 fully saturated rings. The summed E-state index contributed by atoms with van der Waals surface area (Å²) < 4.78 is 6.89. The first-order valence-electron chi connectivity index (χ1n) is 7.07. The maximum atomic E-state index is 12.1. The molecule has 2 aromatic rings. The molecule has 0 saturated carbocycles. The number of hydrogen-bond donors (Lipinski definition) is 0. The van der Waals surface area contributed by atoms with Gasteiger partial charge in [0, 0.05) is 25.4 Å². The molecular weight excluding hydrogens is 254 g/mol. The first-order chi connectivity index (χ1) is 9.75. The van der Waals surface area contributed by atoms with Gasteiger partial charge in [-0.2, -0.15) is 0 Å².